The molecule has 0 amide bonds. The predicted molar refractivity (Wildman–Crippen MR) is 105 cm³/mol. The summed E-state index contributed by atoms with van der Waals surface area (Å²) in [6, 6.07) is 6.45. The molecule has 1 saturated heterocycles. The number of primary sulfonamides is 1. The highest BCUT2D eigenvalue weighted by Crippen LogP contribution is 2.14. The van der Waals surface area contributed by atoms with Crippen LogP contribution in [-0.4, -0.2) is 54.4 Å². The highest BCUT2D eigenvalue weighted by molar-refractivity contribution is 7.89. The third kappa shape index (κ3) is 8.25. The molecule has 1 aliphatic heterocycles. The second-order valence-electron chi connectivity index (χ2n) is 6.53. The average Bonchev–Trinajstić information content (AvgIpc) is 2.67. The molecular formula is C18H30N4O4S. The van der Waals surface area contributed by atoms with Gasteiger partial charge < -0.3 is 20.1 Å². The monoisotopic (exact) mass is 398 g/mol. The van der Waals surface area contributed by atoms with Gasteiger partial charge in [0.1, 0.15) is 0 Å². The summed E-state index contributed by atoms with van der Waals surface area (Å²) in [6.45, 7) is 4.52. The van der Waals surface area contributed by atoms with Crippen LogP contribution in [0.1, 0.15) is 24.8 Å². The van der Waals surface area contributed by atoms with E-state index in [0.29, 0.717) is 18.4 Å². The van der Waals surface area contributed by atoms with Crippen LogP contribution in [0.2, 0.25) is 0 Å². The van der Waals surface area contributed by atoms with E-state index >= 15 is 0 Å². The van der Waals surface area contributed by atoms with E-state index in [4.69, 9.17) is 14.6 Å². The Bertz CT molecular complexity index is 686. The highest BCUT2D eigenvalue weighted by Gasteiger charge is 2.13. The summed E-state index contributed by atoms with van der Waals surface area (Å²) in [5.74, 6) is 1.32. The molecule has 0 saturated carbocycles. The van der Waals surface area contributed by atoms with Gasteiger partial charge in [0.2, 0.25) is 10.0 Å². The highest BCUT2D eigenvalue weighted by atomic mass is 32.2. The van der Waals surface area contributed by atoms with Crippen LogP contribution >= 0.6 is 0 Å². The molecule has 9 heteroatoms. The van der Waals surface area contributed by atoms with Crippen LogP contribution in [0.5, 0.6) is 0 Å². The molecule has 0 unspecified atom stereocenters. The van der Waals surface area contributed by atoms with Gasteiger partial charge in [0, 0.05) is 46.6 Å². The maximum atomic E-state index is 11.3. The molecule has 0 radical (unpaired) electrons. The van der Waals surface area contributed by atoms with Crippen molar-refractivity contribution in [2.75, 3.05) is 40.0 Å². The maximum absolute atomic E-state index is 11.3. The molecule has 1 heterocycles. The van der Waals surface area contributed by atoms with Crippen molar-refractivity contribution in [1.29, 1.82) is 0 Å². The quantitative estimate of drug-likeness (QED) is 0.322. The summed E-state index contributed by atoms with van der Waals surface area (Å²) < 4.78 is 33.6. The van der Waals surface area contributed by atoms with Gasteiger partial charge in [0.15, 0.2) is 5.96 Å². The molecule has 0 aliphatic carbocycles. The van der Waals surface area contributed by atoms with Crippen LogP contribution in [0.25, 0.3) is 0 Å². The zero-order chi connectivity index (χ0) is 19.5. The largest absolute Gasteiger partial charge is 0.381 e. The van der Waals surface area contributed by atoms with Gasteiger partial charge in [-0.05, 0) is 42.9 Å². The van der Waals surface area contributed by atoms with Gasteiger partial charge >= 0.3 is 0 Å². The number of benzene rings is 1. The van der Waals surface area contributed by atoms with Gasteiger partial charge in [-0.15, -0.1) is 0 Å². The minimum Gasteiger partial charge on any atom is -0.381 e. The maximum Gasteiger partial charge on any atom is 0.238 e. The molecule has 1 aromatic carbocycles. The van der Waals surface area contributed by atoms with Gasteiger partial charge in [0.25, 0.3) is 0 Å². The molecule has 1 aromatic rings. The van der Waals surface area contributed by atoms with Gasteiger partial charge in [-0.25, -0.2) is 13.6 Å². The van der Waals surface area contributed by atoms with Gasteiger partial charge in [-0.1, -0.05) is 12.1 Å². The summed E-state index contributed by atoms with van der Waals surface area (Å²) in [5, 5.41) is 11.5. The first-order valence-corrected chi connectivity index (χ1v) is 10.8. The van der Waals surface area contributed by atoms with Crippen LogP contribution < -0.4 is 15.8 Å². The molecule has 2 rings (SSSR count). The first kappa shape index (κ1) is 21.6. The van der Waals surface area contributed by atoms with Crippen LogP contribution in [0, 0.1) is 5.92 Å². The molecule has 1 aliphatic rings. The van der Waals surface area contributed by atoms with Crippen molar-refractivity contribution >= 4 is 16.0 Å². The molecule has 152 valence electrons. The summed E-state index contributed by atoms with van der Waals surface area (Å²) in [7, 11) is -1.95. The number of nitrogens with one attached hydrogen (secondary N) is 2. The number of rotatable bonds is 9. The standard InChI is InChI=1S/C18H30N4O4S/c1-20-18(21-9-2-10-26-14-16-7-11-25-12-8-16)22-13-15-3-5-17(6-4-15)27(19,23)24/h3-6,16H,2,7-14H2,1H3,(H2,19,23,24)(H2,20,21,22). The second kappa shape index (κ2) is 11.2. The molecule has 0 spiro atoms. The van der Waals surface area contributed by atoms with Crippen molar-refractivity contribution in [3.05, 3.63) is 29.8 Å². The number of sulfonamides is 1. The lowest BCUT2D eigenvalue weighted by atomic mass is 10.0. The fourth-order valence-corrected chi connectivity index (χ4v) is 3.26. The molecule has 1 fully saturated rings. The Hall–Kier alpha value is -1.68. The molecule has 27 heavy (non-hydrogen) atoms. The van der Waals surface area contributed by atoms with Gasteiger partial charge in [0.05, 0.1) is 4.90 Å². The SMILES string of the molecule is CN=C(NCCCOCC1CCOCC1)NCc1ccc(S(N)(=O)=O)cc1. The lowest BCUT2D eigenvalue weighted by Crippen LogP contribution is -2.37. The third-order valence-electron chi connectivity index (χ3n) is 4.39. The summed E-state index contributed by atoms with van der Waals surface area (Å²) in [6.07, 6.45) is 3.08. The number of nitrogens with two attached hydrogens (primary N) is 1. The summed E-state index contributed by atoms with van der Waals surface area (Å²) in [5.41, 5.74) is 0.935. The number of hydrogen-bond acceptors (Lipinski definition) is 5. The average molecular weight is 399 g/mol. The fourth-order valence-electron chi connectivity index (χ4n) is 2.75. The minimum absolute atomic E-state index is 0.106. The van der Waals surface area contributed by atoms with Crippen LogP contribution in [0.3, 0.4) is 0 Å². The first-order chi connectivity index (χ1) is 13.0. The second-order valence-corrected chi connectivity index (χ2v) is 8.09. The number of aliphatic imine (C=N–C) groups is 1. The Kier molecular flexibility index (Phi) is 8.99. The van der Waals surface area contributed by atoms with Crippen molar-refractivity contribution in [2.45, 2.75) is 30.7 Å². The number of hydrogen-bond donors (Lipinski definition) is 3. The van der Waals surface area contributed by atoms with Crippen LogP contribution in [0.4, 0.5) is 0 Å². The van der Waals surface area contributed by atoms with E-state index in [-0.39, 0.29) is 4.90 Å². The Morgan fingerprint density at radius 2 is 1.96 bits per heavy atom. The molecule has 0 bridgehead atoms. The fraction of sp³-hybridized carbons (Fsp3) is 0.611. The molecule has 0 aromatic heterocycles. The van der Waals surface area contributed by atoms with Crippen molar-refractivity contribution in [1.82, 2.24) is 10.6 Å². The van der Waals surface area contributed by atoms with E-state index in [2.05, 4.69) is 15.6 Å². The minimum atomic E-state index is -3.66. The third-order valence-corrected chi connectivity index (χ3v) is 5.32. The first-order valence-electron chi connectivity index (χ1n) is 9.21. The van der Waals surface area contributed by atoms with Gasteiger partial charge in [-0.2, -0.15) is 0 Å². The van der Waals surface area contributed by atoms with E-state index in [1.165, 1.54) is 12.1 Å². The van der Waals surface area contributed by atoms with Crippen LogP contribution in [-0.2, 0) is 26.0 Å². The zero-order valence-corrected chi connectivity index (χ0v) is 16.6. The lowest BCUT2D eigenvalue weighted by molar-refractivity contribution is 0.0203. The van der Waals surface area contributed by atoms with Crippen LogP contribution in [0.15, 0.2) is 34.2 Å². The van der Waals surface area contributed by atoms with E-state index in [9.17, 15) is 8.42 Å². The van der Waals surface area contributed by atoms with E-state index < -0.39 is 10.0 Å². The Labute approximate surface area is 161 Å². The van der Waals surface area contributed by atoms with E-state index in [0.717, 1.165) is 57.8 Å². The van der Waals surface area contributed by atoms with Crippen molar-refractivity contribution in [2.24, 2.45) is 16.0 Å². The van der Waals surface area contributed by atoms with E-state index in [1.54, 1.807) is 19.2 Å². The molecular weight excluding hydrogens is 368 g/mol. The van der Waals surface area contributed by atoms with Crippen molar-refractivity contribution < 1.29 is 17.9 Å². The Morgan fingerprint density at radius 1 is 1.26 bits per heavy atom. The van der Waals surface area contributed by atoms with Crippen molar-refractivity contribution in [3.63, 3.8) is 0 Å². The Balaban J connectivity index is 1.60. The number of guanidine groups is 1. The predicted octanol–water partition coefficient (Wildman–Crippen LogP) is 0.832. The smallest absolute Gasteiger partial charge is 0.238 e. The summed E-state index contributed by atoms with van der Waals surface area (Å²) in [4.78, 5) is 4.28. The molecule has 0 atom stereocenters. The van der Waals surface area contributed by atoms with E-state index in [1.807, 2.05) is 0 Å². The number of ether oxygens (including phenoxy) is 2. The number of nitrogens with zero attached hydrogens (tertiary/aromatic N) is 1. The van der Waals surface area contributed by atoms with Crippen molar-refractivity contribution in [3.8, 4) is 0 Å². The molecule has 8 nitrogen and oxygen atoms in total. The normalized spacial score (nSPS) is 16.3. The Morgan fingerprint density at radius 3 is 2.59 bits per heavy atom. The molecule has 4 N–H and O–H groups in total. The summed E-state index contributed by atoms with van der Waals surface area (Å²) >= 11 is 0. The topological polar surface area (TPSA) is 115 Å². The lowest BCUT2D eigenvalue weighted by Gasteiger charge is -2.21. The zero-order valence-electron chi connectivity index (χ0n) is 15.8. The van der Waals surface area contributed by atoms with Gasteiger partial charge in [-0.3, -0.25) is 4.99 Å².